The van der Waals surface area contributed by atoms with Gasteiger partial charge in [-0.05, 0) is 30.8 Å². The third kappa shape index (κ3) is 3.44. The summed E-state index contributed by atoms with van der Waals surface area (Å²) in [4.78, 5) is 0. The lowest BCUT2D eigenvalue weighted by Crippen LogP contribution is -2.07. The molecule has 86 valence electrons. The molecule has 0 aromatic rings. The van der Waals surface area contributed by atoms with E-state index < -0.39 is 0 Å². The molecule has 0 aromatic heterocycles. The van der Waals surface area contributed by atoms with Crippen molar-refractivity contribution in [2.45, 2.75) is 52.4 Å². The summed E-state index contributed by atoms with van der Waals surface area (Å²) in [6.45, 7) is 4.22. The van der Waals surface area contributed by atoms with Crippen LogP contribution >= 0.6 is 0 Å². The van der Waals surface area contributed by atoms with Gasteiger partial charge in [-0.15, -0.1) is 0 Å². The summed E-state index contributed by atoms with van der Waals surface area (Å²) < 4.78 is 26.3. The molecule has 0 saturated heterocycles. The topological polar surface area (TPSA) is 0 Å². The average Bonchev–Trinajstić information content (AvgIpc) is 2.21. The minimum absolute atomic E-state index is 0.314. The minimum atomic E-state index is -0.318. The molecule has 0 aromatic carbocycles. The number of halogens is 2. The second-order valence-electron chi connectivity index (χ2n) is 4.21. The van der Waals surface area contributed by atoms with Gasteiger partial charge in [0, 0.05) is 12.5 Å². The van der Waals surface area contributed by atoms with Gasteiger partial charge in [0.15, 0.2) is 0 Å². The fraction of sp³-hybridized carbons (Fsp3) is 0.692. The predicted octanol–water partition coefficient (Wildman–Crippen LogP) is 5.07. The maximum atomic E-state index is 13.5. The lowest BCUT2D eigenvalue weighted by atomic mass is 9.85. The lowest BCUT2D eigenvalue weighted by Gasteiger charge is -2.21. The SMILES string of the molecule is CCCCC(CC)C1=C(F)C=C(F)CC1. The minimum Gasteiger partial charge on any atom is -0.212 e. The van der Waals surface area contributed by atoms with E-state index in [1.807, 2.05) is 0 Å². The zero-order chi connectivity index (χ0) is 11.3. The van der Waals surface area contributed by atoms with Gasteiger partial charge in [-0.2, -0.15) is 0 Å². The van der Waals surface area contributed by atoms with Gasteiger partial charge in [-0.3, -0.25) is 0 Å². The molecule has 2 heteroatoms. The number of hydrogen-bond acceptors (Lipinski definition) is 0. The average molecular weight is 214 g/mol. The first-order valence-corrected chi connectivity index (χ1v) is 5.93. The van der Waals surface area contributed by atoms with Crippen molar-refractivity contribution < 1.29 is 8.78 Å². The number of allylic oxidation sites excluding steroid dienone is 4. The second-order valence-corrected chi connectivity index (χ2v) is 4.21. The quantitative estimate of drug-likeness (QED) is 0.599. The van der Waals surface area contributed by atoms with Crippen LogP contribution in [-0.2, 0) is 0 Å². The summed E-state index contributed by atoms with van der Waals surface area (Å²) in [5.41, 5.74) is 0.840. The second kappa shape index (κ2) is 6.04. The molecule has 0 fully saturated rings. The van der Waals surface area contributed by atoms with Crippen molar-refractivity contribution >= 4 is 0 Å². The molecule has 1 atom stereocenters. The van der Waals surface area contributed by atoms with Crippen LogP contribution in [0.2, 0.25) is 0 Å². The normalized spacial score (nSPS) is 19.1. The van der Waals surface area contributed by atoms with Crippen molar-refractivity contribution in [3.05, 3.63) is 23.3 Å². The fourth-order valence-corrected chi connectivity index (χ4v) is 2.15. The Hall–Kier alpha value is -0.660. The molecule has 0 heterocycles. The standard InChI is InChI=1S/C13H20F2/c1-3-5-6-10(4-2)12-8-7-11(14)9-13(12)15/h9-10H,3-8H2,1-2H3. The molecule has 0 spiro atoms. The van der Waals surface area contributed by atoms with Crippen LogP contribution in [0.4, 0.5) is 8.78 Å². The number of unbranched alkanes of at least 4 members (excludes halogenated alkanes) is 1. The summed E-state index contributed by atoms with van der Waals surface area (Å²) in [6, 6.07) is 0. The van der Waals surface area contributed by atoms with Crippen LogP contribution in [0.1, 0.15) is 52.4 Å². The maximum absolute atomic E-state index is 13.5. The summed E-state index contributed by atoms with van der Waals surface area (Å²) in [6.07, 6.45) is 6.26. The zero-order valence-corrected chi connectivity index (χ0v) is 9.65. The van der Waals surface area contributed by atoms with E-state index in [4.69, 9.17) is 0 Å². The zero-order valence-electron chi connectivity index (χ0n) is 9.65. The molecule has 0 bridgehead atoms. The highest BCUT2D eigenvalue weighted by Crippen LogP contribution is 2.34. The monoisotopic (exact) mass is 214 g/mol. The Morgan fingerprint density at radius 2 is 2.00 bits per heavy atom. The molecule has 1 aliphatic carbocycles. The van der Waals surface area contributed by atoms with Gasteiger partial charge >= 0.3 is 0 Å². The van der Waals surface area contributed by atoms with E-state index in [9.17, 15) is 8.78 Å². The van der Waals surface area contributed by atoms with Gasteiger partial charge in [0.1, 0.15) is 11.7 Å². The molecular weight excluding hydrogens is 194 g/mol. The highest BCUT2D eigenvalue weighted by Gasteiger charge is 2.20. The van der Waals surface area contributed by atoms with Gasteiger partial charge in [-0.1, -0.05) is 26.7 Å². The van der Waals surface area contributed by atoms with E-state index in [-0.39, 0.29) is 11.7 Å². The van der Waals surface area contributed by atoms with Crippen molar-refractivity contribution in [2.75, 3.05) is 0 Å². The Kier molecular flexibility index (Phi) is 5.00. The Labute approximate surface area is 91.1 Å². The molecule has 15 heavy (non-hydrogen) atoms. The highest BCUT2D eigenvalue weighted by atomic mass is 19.1. The molecule has 1 unspecified atom stereocenters. The van der Waals surface area contributed by atoms with Crippen LogP contribution in [0.3, 0.4) is 0 Å². The lowest BCUT2D eigenvalue weighted by molar-refractivity contribution is 0.457. The molecule has 1 aliphatic rings. The van der Waals surface area contributed by atoms with Crippen LogP contribution in [-0.4, -0.2) is 0 Å². The van der Waals surface area contributed by atoms with Crippen LogP contribution in [0.25, 0.3) is 0 Å². The summed E-state index contributed by atoms with van der Waals surface area (Å²) >= 11 is 0. The number of hydrogen-bond donors (Lipinski definition) is 0. The van der Waals surface area contributed by atoms with Gasteiger partial charge in [0.2, 0.25) is 0 Å². The fourth-order valence-electron chi connectivity index (χ4n) is 2.15. The molecule has 0 amide bonds. The maximum Gasteiger partial charge on any atom is 0.125 e. The number of rotatable bonds is 5. The van der Waals surface area contributed by atoms with Crippen molar-refractivity contribution in [1.29, 1.82) is 0 Å². The third-order valence-electron chi connectivity index (χ3n) is 3.12. The van der Waals surface area contributed by atoms with E-state index in [2.05, 4.69) is 13.8 Å². The predicted molar refractivity (Wildman–Crippen MR) is 59.9 cm³/mol. The molecule has 0 aliphatic heterocycles. The summed E-state index contributed by atoms with van der Waals surface area (Å²) in [5, 5.41) is 0. The Morgan fingerprint density at radius 1 is 1.27 bits per heavy atom. The van der Waals surface area contributed by atoms with Gasteiger partial charge in [0.05, 0.1) is 0 Å². The Morgan fingerprint density at radius 3 is 2.53 bits per heavy atom. The van der Waals surface area contributed by atoms with Crippen LogP contribution in [0.5, 0.6) is 0 Å². The van der Waals surface area contributed by atoms with Gasteiger partial charge in [0.25, 0.3) is 0 Å². The van der Waals surface area contributed by atoms with Crippen LogP contribution < -0.4 is 0 Å². The third-order valence-corrected chi connectivity index (χ3v) is 3.12. The van der Waals surface area contributed by atoms with Gasteiger partial charge < -0.3 is 0 Å². The van der Waals surface area contributed by atoms with Crippen molar-refractivity contribution in [3.8, 4) is 0 Å². The molecule has 0 radical (unpaired) electrons. The largest absolute Gasteiger partial charge is 0.212 e. The van der Waals surface area contributed by atoms with E-state index in [1.165, 1.54) is 0 Å². The van der Waals surface area contributed by atoms with E-state index >= 15 is 0 Å². The van der Waals surface area contributed by atoms with Crippen molar-refractivity contribution in [2.24, 2.45) is 5.92 Å². The van der Waals surface area contributed by atoms with Gasteiger partial charge in [-0.25, -0.2) is 8.78 Å². The smallest absolute Gasteiger partial charge is 0.125 e. The van der Waals surface area contributed by atoms with E-state index in [0.717, 1.165) is 37.3 Å². The molecule has 1 rings (SSSR count). The van der Waals surface area contributed by atoms with Crippen LogP contribution in [0.15, 0.2) is 23.3 Å². The van der Waals surface area contributed by atoms with Crippen molar-refractivity contribution in [1.82, 2.24) is 0 Å². The summed E-state index contributed by atoms with van der Waals surface area (Å²) in [5.74, 6) is -0.322. The molecule has 0 saturated carbocycles. The first-order valence-electron chi connectivity index (χ1n) is 5.93. The Balaban J connectivity index is 2.71. The highest BCUT2D eigenvalue weighted by molar-refractivity contribution is 5.28. The Bertz CT molecular complexity index is 264. The van der Waals surface area contributed by atoms with E-state index in [0.29, 0.717) is 18.8 Å². The molecular formula is C13H20F2. The molecule has 0 N–H and O–H groups in total. The first-order chi connectivity index (χ1) is 7.19. The van der Waals surface area contributed by atoms with Crippen LogP contribution in [0, 0.1) is 5.92 Å². The van der Waals surface area contributed by atoms with E-state index in [1.54, 1.807) is 0 Å². The van der Waals surface area contributed by atoms with Crippen molar-refractivity contribution in [3.63, 3.8) is 0 Å². The first kappa shape index (κ1) is 12.4. The molecule has 0 nitrogen and oxygen atoms in total. The summed E-state index contributed by atoms with van der Waals surface area (Å²) in [7, 11) is 0.